The summed E-state index contributed by atoms with van der Waals surface area (Å²) in [5, 5.41) is 11.9. The SMILES string of the molecule is CCCCC1CCC(C(=O)N2CCN(c3nnc(SCC(=O)NC)s3)CC2)CC1. The summed E-state index contributed by atoms with van der Waals surface area (Å²) in [6.07, 6.45) is 8.50. The number of hydrogen-bond donors (Lipinski definition) is 1. The minimum Gasteiger partial charge on any atom is -0.358 e. The fraction of sp³-hybridized carbons (Fsp3) is 0.800. The van der Waals surface area contributed by atoms with E-state index in [0.29, 0.717) is 11.7 Å². The van der Waals surface area contributed by atoms with Crippen molar-refractivity contribution < 1.29 is 9.59 Å². The number of unbranched alkanes of at least 4 members (excludes halogenated alkanes) is 1. The van der Waals surface area contributed by atoms with Crippen molar-refractivity contribution in [2.45, 2.75) is 56.2 Å². The van der Waals surface area contributed by atoms with Gasteiger partial charge < -0.3 is 15.1 Å². The number of anilines is 1. The van der Waals surface area contributed by atoms with E-state index < -0.39 is 0 Å². The van der Waals surface area contributed by atoms with E-state index in [1.165, 1.54) is 55.2 Å². The second-order valence-electron chi connectivity index (χ2n) is 7.98. The molecule has 0 atom stereocenters. The van der Waals surface area contributed by atoms with Crippen LogP contribution in [-0.2, 0) is 9.59 Å². The van der Waals surface area contributed by atoms with Crippen molar-refractivity contribution in [1.29, 1.82) is 0 Å². The van der Waals surface area contributed by atoms with Gasteiger partial charge in [0.05, 0.1) is 5.75 Å². The molecular formula is C20H33N5O2S2. The summed E-state index contributed by atoms with van der Waals surface area (Å²) in [5.41, 5.74) is 0. The van der Waals surface area contributed by atoms with Crippen LogP contribution < -0.4 is 10.2 Å². The fourth-order valence-corrected chi connectivity index (χ4v) is 5.92. The summed E-state index contributed by atoms with van der Waals surface area (Å²) >= 11 is 2.93. The van der Waals surface area contributed by atoms with Gasteiger partial charge in [-0.15, -0.1) is 10.2 Å². The van der Waals surface area contributed by atoms with Crippen LogP contribution in [0, 0.1) is 11.8 Å². The predicted octanol–water partition coefficient (Wildman–Crippen LogP) is 3.02. The monoisotopic (exact) mass is 439 g/mol. The first-order chi connectivity index (χ1) is 14.1. The van der Waals surface area contributed by atoms with Gasteiger partial charge in [-0.25, -0.2) is 0 Å². The number of rotatable bonds is 8. The number of nitrogens with zero attached hydrogens (tertiary/aromatic N) is 4. The summed E-state index contributed by atoms with van der Waals surface area (Å²) in [4.78, 5) is 28.6. The number of piperazine rings is 1. The van der Waals surface area contributed by atoms with Gasteiger partial charge in [0.1, 0.15) is 0 Å². The molecule has 1 aliphatic carbocycles. The Bertz CT molecular complexity index is 668. The van der Waals surface area contributed by atoms with Crippen molar-refractivity contribution in [3.05, 3.63) is 0 Å². The largest absolute Gasteiger partial charge is 0.358 e. The second-order valence-corrected chi connectivity index (χ2v) is 10.2. The number of thioether (sulfide) groups is 1. The number of amides is 2. The molecule has 0 bridgehead atoms. The van der Waals surface area contributed by atoms with Crippen molar-refractivity contribution in [3.63, 3.8) is 0 Å². The Labute approximate surface area is 182 Å². The van der Waals surface area contributed by atoms with Crippen LogP contribution in [0.25, 0.3) is 0 Å². The standard InChI is InChI=1S/C20H33N5O2S2/c1-3-4-5-15-6-8-16(9-7-15)18(27)24-10-12-25(13-11-24)19-22-23-20(29-19)28-14-17(26)21-2/h15-16H,3-14H2,1-2H3,(H,21,26). The second kappa shape index (κ2) is 11.2. The minimum atomic E-state index is -0.0155. The highest BCUT2D eigenvalue weighted by atomic mass is 32.2. The first-order valence-corrected chi connectivity index (χ1v) is 12.6. The summed E-state index contributed by atoms with van der Waals surface area (Å²) < 4.78 is 0.807. The van der Waals surface area contributed by atoms with E-state index in [2.05, 4.69) is 32.2 Å². The van der Waals surface area contributed by atoms with Gasteiger partial charge in [-0.1, -0.05) is 49.3 Å². The van der Waals surface area contributed by atoms with Crippen LogP contribution in [0.3, 0.4) is 0 Å². The third kappa shape index (κ3) is 6.31. The molecule has 2 aliphatic rings. The van der Waals surface area contributed by atoms with E-state index in [9.17, 15) is 9.59 Å². The molecular weight excluding hydrogens is 406 g/mol. The van der Waals surface area contributed by atoms with Gasteiger partial charge in [0.25, 0.3) is 0 Å². The first kappa shape index (κ1) is 22.3. The summed E-state index contributed by atoms with van der Waals surface area (Å²) in [6, 6.07) is 0. The Morgan fingerprint density at radius 3 is 2.52 bits per heavy atom. The quantitative estimate of drug-likeness (QED) is 0.628. The highest BCUT2D eigenvalue weighted by Crippen LogP contribution is 2.33. The molecule has 1 N–H and O–H groups in total. The van der Waals surface area contributed by atoms with Gasteiger partial charge in [0.2, 0.25) is 16.9 Å². The number of aromatic nitrogens is 2. The smallest absolute Gasteiger partial charge is 0.230 e. The number of carbonyl (C=O) groups is 2. The molecule has 7 nitrogen and oxygen atoms in total. The molecule has 0 unspecified atom stereocenters. The van der Waals surface area contributed by atoms with Gasteiger partial charge in [-0.3, -0.25) is 9.59 Å². The zero-order valence-electron chi connectivity index (χ0n) is 17.6. The van der Waals surface area contributed by atoms with Crippen LogP contribution in [0.2, 0.25) is 0 Å². The van der Waals surface area contributed by atoms with Crippen LogP contribution in [0.5, 0.6) is 0 Å². The molecule has 0 spiro atoms. The molecule has 3 rings (SSSR count). The van der Waals surface area contributed by atoms with E-state index in [0.717, 1.165) is 54.4 Å². The van der Waals surface area contributed by atoms with E-state index in [-0.39, 0.29) is 11.8 Å². The first-order valence-electron chi connectivity index (χ1n) is 10.8. The van der Waals surface area contributed by atoms with Gasteiger partial charge in [0, 0.05) is 39.1 Å². The van der Waals surface area contributed by atoms with Crippen LogP contribution in [0.1, 0.15) is 51.9 Å². The third-order valence-corrected chi connectivity index (χ3v) is 8.14. The van der Waals surface area contributed by atoms with E-state index >= 15 is 0 Å². The van der Waals surface area contributed by atoms with Gasteiger partial charge in [-0.2, -0.15) is 0 Å². The average molecular weight is 440 g/mol. The Hall–Kier alpha value is -1.35. The lowest BCUT2D eigenvalue weighted by Gasteiger charge is -2.37. The van der Waals surface area contributed by atoms with Crippen molar-refractivity contribution >= 4 is 40.0 Å². The van der Waals surface area contributed by atoms with Crippen molar-refractivity contribution in [2.24, 2.45) is 11.8 Å². The Kier molecular flexibility index (Phi) is 8.59. The Morgan fingerprint density at radius 1 is 1.14 bits per heavy atom. The molecule has 9 heteroatoms. The molecule has 1 aromatic rings. The zero-order chi connectivity index (χ0) is 20.6. The molecule has 0 aromatic carbocycles. The molecule has 1 saturated heterocycles. The highest BCUT2D eigenvalue weighted by molar-refractivity contribution is 8.01. The summed E-state index contributed by atoms with van der Waals surface area (Å²) in [6.45, 7) is 5.36. The molecule has 162 valence electrons. The van der Waals surface area contributed by atoms with Crippen LogP contribution in [0.15, 0.2) is 4.34 Å². The lowest BCUT2D eigenvalue weighted by molar-refractivity contribution is -0.137. The molecule has 1 aromatic heterocycles. The summed E-state index contributed by atoms with van der Waals surface area (Å²) in [7, 11) is 1.63. The number of nitrogens with one attached hydrogen (secondary N) is 1. The lowest BCUT2D eigenvalue weighted by atomic mass is 9.79. The molecule has 0 radical (unpaired) electrons. The fourth-order valence-electron chi connectivity index (χ4n) is 4.16. The average Bonchev–Trinajstić information content (AvgIpc) is 3.25. The van der Waals surface area contributed by atoms with Gasteiger partial charge >= 0.3 is 0 Å². The Morgan fingerprint density at radius 2 is 1.86 bits per heavy atom. The zero-order valence-corrected chi connectivity index (χ0v) is 19.2. The summed E-state index contributed by atoms with van der Waals surface area (Å²) in [5.74, 6) is 1.77. The van der Waals surface area contributed by atoms with E-state index in [1.807, 2.05) is 0 Å². The van der Waals surface area contributed by atoms with Crippen LogP contribution in [0.4, 0.5) is 5.13 Å². The lowest BCUT2D eigenvalue weighted by Crippen LogP contribution is -2.50. The third-order valence-electron chi connectivity index (χ3n) is 6.03. The maximum Gasteiger partial charge on any atom is 0.230 e. The van der Waals surface area contributed by atoms with E-state index in [4.69, 9.17) is 0 Å². The Balaban J connectivity index is 1.42. The topological polar surface area (TPSA) is 78.4 Å². The molecule has 2 amide bonds. The van der Waals surface area contributed by atoms with Crippen LogP contribution >= 0.6 is 23.1 Å². The molecule has 2 heterocycles. The molecule has 1 aliphatic heterocycles. The van der Waals surface area contributed by atoms with Crippen molar-refractivity contribution in [3.8, 4) is 0 Å². The van der Waals surface area contributed by atoms with Crippen LogP contribution in [-0.4, -0.2) is 65.9 Å². The number of carbonyl (C=O) groups excluding carboxylic acids is 2. The maximum absolute atomic E-state index is 12.9. The van der Waals surface area contributed by atoms with Gasteiger partial charge in [0.15, 0.2) is 4.34 Å². The molecule has 1 saturated carbocycles. The van der Waals surface area contributed by atoms with Crippen molar-refractivity contribution in [2.75, 3.05) is 43.9 Å². The number of hydrogen-bond acceptors (Lipinski definition) is 7. The molecule has 29 heavy (non-hydrogen) atoms. The predicted molar refractivity (Wildman–Crippen MR) is 118 cm³/mol. The maximum atomic E-state index is 12.9. The van der Waals surface area contributed by atoms with Gasteiger partial charge in [-0.05, 0) is 31.6 Å². The minimum absolute atomic E-state index is 0.0155. The molecule has 2 fully saturated rings. The highest BCUT2D eigenvalue weighted by Gasteiger charge is 2.31. The van der Waals surface area contributed by atoms with Crippen molar-refractivity contribution in [1.82, 2.24) is 20.4 Å². The normalized spacial score (nSPS) is 22.6. The van der Waals surface area contributed by atoms with E-state index in [1.54, 1.807) is 7.05 Å².